The Bertz CT molecular complexity index is 1120. The zero-order valence-corrected chi connectivity index (χ0v) is 20.6. The van der Waals surface area contributed by atoms with Gasteiger partial charge in [0.15, 0.2) is 0 Å². The Kier molecular flexibility index (Phi) is 10.0. The highest BCUT2D eigenvalue weighted by atomic mass is 16.5. The molecule has 176 valence electrons. The third-order valence-electron chi connectivity index (χ3n) is 5.34. The van der Waals surface area contributed by atoms with Gasteiger partial charge in [0.1, 0.15) is 5.75 Å². The number of piperazine rings is 1. The van der Waals surface area contributed by atoms with Crippen molar-refractivity contribution in [2.24, 2.45) is 0 Å². The molecule has 0 saturated carbocycles. The minimum Gasteiger partial charge on any atom is -0.494 e. The first-order valence-corrected chi connectivity index (χ1v) is 11.7. The number of nitrogens with one attached hydrogen (secondary N) is 1. The highest BCUT2D eigenvalue weighted by Gasteiger charge is 2.16. The average molecular weight is 448 g/mol. The van der Waals surface area contributed by atoms with Gasteiger partial charge in [0.05, 0.1) is 12.3 Å². The number of hydrogen-bond donors (Lipinski definition) is 1. The Morgan fingerprint density at radius 1 is 1.06 bits per heavy atom. The van der Waals surface area contributed by atoms with E-state index in [4.69, 9.17) is 4.74 Å². The van der Waals surface area contributed by atoms with E-state index in [1.165, 1.54) is 6.42 Å². The van der Waals surface area contributed by atoms with Crippen LogP contribution in [-0.2, 0) is 0 Å². The second-order valence-corrected chi connectivity index (χ2v) is 8.19. The van der Waals surface area contributed by atoms with Crippen molar-refractivity contribution in [3.63, 3.8) is 0 Å². The first kappa shape index (κ1) is 26.0. The number of aromatic nitrogens is 1. The zero-order valence-electron chi connectivity index (χ0n) is 20.6. The van der Waals surface area contributed by atoms with E-state index < -0.39 is 0 Å². The van der Waals surface area contributed by atoms with Crippen LogP contribution in [-0.4, -0.2) is 36.7 Å². The second kappa shape index (κ2) is 12.7. The van der Waals surface area contributed by atoms with E-state index in [9.17, 15) is 4.79 Å². The lowest BCUT2D eigenvalue weighted by atomic mass is 10.0. The number of terminal acetylenes is 1. The Hall–Kier alpha value is -3.23. The molecule has 1 aliphatic rings. The number of aryl methyl sites for hydroxylation is 1. The van der Waals surface area contributed by atoms with Crippen LogP contribution in [0.3, 0.4) is 0 Å². The van der Waals surface area contributed by atoms with Gasteiger partial charge >= 0.3 is 0 Å². The zero-order chi connectivity index (χ0) is 24.4. The fourth-order valence-corrected chi connectivity index (χ4v) is 3.82. The standard InChI is InChI=1S/C23H27N3O2.C3H8.C2H2/c1-4-28-22-12-18(6-5-16(22)2)19-11-20-7-8-21(15-26(20)23(27)13-19)25-10-9-24-17(3)14-25;1-3-2;1-2/h5-8,11-13,15,17,24H,4,9-10,14H2,1-3H3;3H2,1-2H3;1-2H/t17-;;/m0../s1. The van der Waals surface area contributed by atoms with Gasteiger partial charge in [-0.2, -0.15) is 0 Å². The van der Waals surface area contributed by atoms with E-state index in [-0.39, 0.29) is 5.56 Å². The van der Waals surface area contributed by atoms with E-state index in [1.807, 2.05) is 44.3 Å². The number of hydrogen-bond acceptors (Lipinski definition) is 4. The molecule has 0 bridgehead atoms. The minimum atomic E-state index is -0.0175. The van der Waals surface area contributed by atoms with Crippen molar-refractivity contribution < 1.29 is 4.74 Å². The SMILES string of the molecule is C#C.CCC.CCOc1cc(-c2cc(=O)n3cc(N4CCN[C@@H](C)C4)ccc3c2)ccc1C. The quantitative estimate of drug-likeness (QED) is 0.563. The summed E-state index contributed by atoms with van der Waals surface area (Å²) in [5, 5.41) is 3.45. The molecule has 33 heavy (non-hydrogen) atoms. The van der Waals surface area contributed by atoms with E-state index in [2.05, 4.69) is 56.0 Å². The molecule has 1 atom stereocenters. The summed E-state index contributed by atoms with van der Waals surface area (Å²) in [4.78, 5) is 15.2. The monoisotopic (exact) mass is 447 g/mol. The average Bonchev–Trinajstić information content (AvgIpc) is 2.82. The van der Waals surface area contributed by atoms with Gasteiger partial charge in [-0.25, -0.2) is 0 Å². The predicted octanol–water partition coefficient (Wildman–Crippen LogP) is 5.14. The summed E-state index contributed by atoms with van der Waals surface area (Å²) in [5.74, 6) is 0.864. The maximum Gasteiger partial charge on any atom is 0.255 e. The number of benzene rings is 1. The highest BCUT2D eigenvalue weighted by Crippen LogP contribution is 2.27. The molecule has 5 nitrogen and oxygen atoms in total. The van der Waals surface area contributed by atoms with Crippen molar-refractivity contribution in [2.45, 2.75) is 47.1 Å². The molecule has 0 amide bonds. The van der Waals surface area contributed by atoms with Crippen LogP contribution in [0.4, 0.5) is 5.69 Å². The van der Waals surface area contributed by atoms with Crippen molar-refractivity contribution in [3.05, 3.63) is 64.6 Å². The molecule has 0 radical (unpaired) electrons. The van der Waals surface area contributed by atoms with E-state index >= 15 is 0 Å². The van der Waals surface area contributed by atoms with E-state index in [1.54, 1.807) is 10.5 Å². The first-order valence-electron chi connectivity index (χ1n) is 11.7. The lowest BCUT2D eigenvalue weighted by molar-refractivity contribution is 0.338. The Morgan fingerprint density at radius 3 is 2.45 bits per heavy atom. The number of fused-ring (bicyclic) bond motifs is 1. The van der Waals surface area contributed by atoms with Gasteiger partial charge in [0.25, 0.3) is 5.56 Å². The van der Waals surface area contributed by atoms with Crippen LogP contribution in [0.1, 0.15) is 39.7 Å². The number of pyridine rings is 2. The van der Waals surface area contributed by atoms with Crippen LogP contribution in [0.2, 0.25) is 0 Å². The number of rotatable bonds is 4. The number of nitrogens with zero attached hydrogens (tertiary/aromatic N) is 2. The minimum absolute atomic E-state index is 0.0175. The highest BCUT2D eigenvalue weighted by molar-refractivity contribution is 5.71. The topological polar surface area (TPSA) is 46.0 Å². The van der Waals surface area contributed by atoms with Gasteiger partial charge in [-0.15, -0.1) is 12.8 Å². The Balaban J connectivity index is 0.000000714. The third-order valence-corrected chi connectivity index (χ3v) is 5.34. The van der Waals surface area contributed by atoms with Crippen LogP contribution >= 0.6 is 0 Å². The van der Waals surface area contributed by atoms with Crippen LogP contribution in [0, 0.1) is 19.8 Å². The maximum absolute atomic E-state index is 12.9. The molecule has 0 spiro atoms. The van der Waals surface area contributed by atoms with Gasteiger partial charge < -0.3 is 15.0 Å². The second-order valence-electron chi connectivity index (χ2n) is 8.19. The molecule has 3 heterocycles. The molecule has 3 aromatic rings. The summed E-state index contributed by atoms with van der Waals surface area (Å²) in [6.07, 6.45) is 11.2. The van der Waals surface area contributed by atoms with Crippen molar-refractivity contribution in [2.75, 3.05) is 31.1 Å². The van der Waals surface area contributed by atoms with Crippen LogP contribution < -0.4 is 20.5 Å². The number of anilines is 1. The molecular weight excluding hydrogens is 410 g/mol. The molecule has 0 aliphatic carbocycles. The Morgan fingerprint density at radius 2 is 1.79 bits per heavy atom. The largest absolute Gasteiger partial charge is 0.494 e. The summed E-state index contributed by atoms with van der Waals surface area (Å²) in [5.41, 5.74) is 4.97. The van der Waals surface area contributed by atoms with Gasteiger partial charge in [-0.3, -0.25) is 9.20 Å². The fraction of sp³-hybridized carbons (Fsp3) is 0.393. The fourth-order valence-electron chi connectivity index (χ4n) is 3.82. The predicted molar refractivity (Wildman–Crippen MR) is 141 cm³/mol. The summed E-state index contributed by atoms with van der Waals surface area (Å²) < 4.78 is 7.45. The molecule has 0 unspecified atom stereocenters. The van der Waals surface area contributed by atoms with Crippen LogP contribution in [0.15, 0.2) is 53.5 Å². The van der Waals surface area contributed by atoms with Gasteiger partial charge in [-0.05, 0) is 61.7 Å². The third kappa shape index (κ3) is 6.63. The molecular formula is C28H37N3O2. The van der Waals surface area contributed by atoms with Crippen LogP contribution in [0.25, 0.3) is 16.6 Å². The van der Waals surface area contributed by atoms with Crippen molar-refractivity contribution >= 4 is 11.2 Å². The van der Waals surface area contributed by atoms with E-state index in [0.29, 0.717) is 12.6 Å². The molecule has 1 fully saturated rings. The van der Waals surface area contributed by atoms with Crippen molar-refractivity contribution in [1.29, 1.82) is 0 Å². The van der Waals surface area contributed by atoms with E-state index in [0.717, 1.165) is 53.3 Å². The summed E-state index contributed by atoms with van der Waals surface area (Å²) in [6, 6.07) is 14.5. The molecule has 1 N–H and O–H groups in total. The molecule has 5 heteroatoms. The summed E-state index contributed by atoms with van der Waals surface area (Å²) >= 11 is 0. The maximum atomic E-state index is 12.9. The molecule has 1 saturated heterocycles. The first-order chi connectivity index (χ1) is 16.0. The van der Waals surface area contributed by atoms with Gasteiger partial charge in [0, 0.05) is 43.5 Å². The van der Waals surface area contributed by atoms with Gasteiger partial charge in [-0.1, -0.05) is 32.4 Å². The normalized spacial score (nSPS) is 15.1. The number of ether oxygens (including phenoxy) is 1. The Labute approximate surface area is 198 Å². The van der Waals surface area contributed by atoms with Crippen molar-refractivity contribution in [1.82, 2.24) is 9.72 Å². The molecule has 4 rings (SSSR count). The molecule has 1 aliphatic heterocycles. The lowest BCUT2D eigenvalue weighted by Crippen LogP contribution is -2.49. The summed E-state index contributed by atoms with van der Waals surface area (Å²) in [6.45, 7) is 13.9. The molecule has 1 aromatic carbocycles. The molecule has 2 aromatic heterocycles. The van der Waals surface area contributed by atoms with Crippen LogP contribution in [0.5, 0.6) is 5.75 Å². The summed E-state index contributed by atoms with van der Waals surface area (Å²) in [7, 11) is 0. The van der Waals surface area contributed by atoms with Gasteiger partial charge in [0.2, 0.25) is 0 Å². The van der Waals surface area contributed by atoms with Crippen molar-refractivity contribution in [3.8, 4) is 29.7 Å². The smallest absolute Gasteiger partial charge is 0.255 e. The lowest BCUT2D eigenvalue weighted by Gasteiger charge is -2.33.